The van der Waals surface area contributed by atoms with Gasteiger partial charge in [0.2, 0.25) is 0 Å². The van der Waals surface area contributed by atoms with Gasteiger partial charge >= 0.3 is 0 Å². The van der Waals surface area contributed by atoms with Crippen LogP contribution >= 0.6 is 11.3 Å². The van der Waals surface area contributed by atoms with Crippen molar-refractivity contribution in [2.45, 2.75) is 6.92 Å². The molecule has 0 radical (unpaired) electrons. The average molecular weight is 328 g/mol. The van der Waals surface area contributed by atoms with Crippen LogP contribution in [0.5, 0.6) is 0 Å². The number of anilines is 2. The lowest BCUT2D eigenvalue weighted by Gasteiger charge is -2.37. The lowest BCUT2D eigenvalue weighted by molar-refractivity contribution is 0.596. The van der Waals surface area contributed by atoms with Gasteiger partial charge in [-0.25, -0.2) is 14.4 Å². The van der Waals surface area contributed by atoms with Crippen LogP contribution in [0, 0.1) is 12.7 Å². The number of hydrogen-bond acceptors (Lipinski definition) is 5. The summed E-state index contributed by atoms with van der Waals surface area (Å²) in [6.45, 7) is 5.32. The summed E-state index contributed by atoms with van der Waals surface area (Å²) in [6, 6.07) is 9.12. The van der Waals surface area contributed by atoms with E-state index in [2.05, 4.69) is 32.8 Å². The molecular weight excluding hydrogens is 311 g/mol. The first-order chi connectivity index (χ1) is 11.2. The predicted octanol–water partition coefficient (Wildman–Crippen LogP) is 3.47. The van der Waals surface area contributed by atoms with Crippen LogP contribution in [0.25, 0.3) is 10.2 Å². The Morgan fingerprint density at radius 2 is 1.78 bits per heavy atom. The Hall–Kier alpha value is -2.21. The zero-order chi connectivity index (χ0) is 15.8. The molecule has 1 aliphatic rings. The zero-order valence-electron chi connectivity index (χ0n) is 12.9. The number of thiophene rings is 1. The van der Waals surface area contributed by atoms with E-state index in [1.807, 2.05) is 12.1 Å². The number of rotatable bonds is 2. The molecule has 0 unspecified atom stereocenters. The summed E-state index contributed by atoms with van der Waals surface area (Å²) in [5, 5.41) is 1.12. The fraction of sp³-hybridized carbons (Fsp3) is 0.294. The van der Waals surface area contributed by atoms with Crippen LogP contribution < -0.4 is 9.80 Å². The highest BCUT2D eigenvalue weighted by Gasteiger charge is 2.22. The minimum absolute atomic E-state index is 0.154. The molecule has 1 aliphatic heterocycles. The Bertz CT molecular complexity index is 839. The number of hydrogen-bond donors (Lipinski definition) is 0. The number of piperazine rings is 1. The third-order valence-electron chi connectivity index (χ3n) is 4.20. The van der Waals surface area contributed by atoms with E-state index in [1.54, 1.807) is 23.7 Å². The van der Waals surface area contributed by atoms with E-state index < -0.39 is 0 Å². The molecule has 1 fully saturated rings. The van der Waals surface area contributed by atoms with Gasteiger partial charge in [-0.15, -0.1) is 11.3 Å². The van der Waals surface area contributed by atoms with Crippen LogP contribution in [0.2, 0.25) is 0 Å². The van der Waals surface area contributed by atoms with Crippen LogP contribution in [0.4, 0.5) is 15.9 Å². The summed E-state index contributed by atoms with van der Waals surface area (Å²) in [5.41, 5.74) is 0.686. The van der Waals surface area contributed by atoms with Gasteiger partial charge in [0.25, 0.3) is 0 Å². The molecule has 3 aromatic rings. The smallest absolute Gasteiger partial charge is 0.146 e. The topological polar surface area (TPSA) is 32.3 Å². The second-order valence-corrected chi connectivity index (χ2v) is 6.93. The van der Waals surface area contributed by atoms with Gasteiger partial charge in [0, 0.05) is 31.1 Å². The van der Waals surface area contributed by atoms with Gasteiger partial charge in [0.05, 0.1) is 11.1 Å². The fourth-order valence-electron chi connectivity index (χ4n) is 3.08. The van der Waals surface area contributed by atoms with Crippen molar-refractivity contribution < 1.29 is 4.39 Å². The van der Waals surface area contributed by atoms with Gasteiger partial charge in [0.1, 0.15) is 22.8 Å². The molecular formula is C17H17FN4S. The minimum atomic E-state index is -0.154. The predicted molar refractivity (Wildman–Crippen MR) is 93.0 cm³/mol. The van der Waals surface area contributed by atoms with Crippen molar-refractivity contribution >= 4 is 33.1 Å². The highest BCUT2D eigenvalue weighted by Crippen LogP contribution is 2.30. The molecule has 0 N–H and O–H groups in total. The Morgan fingerprint density at radius 3 is 2.57 bits per heavy atom. The van der Waals surface area contributed by atoms with E-state index in [4.69, 9.17) is 0 Å². The van der Waals surface area contributed by atoms with Crippen LogP contribution in [-0.4, -0.2) is 36.1 Å². The first-order valence-corrected chi connectivity index (χ1v) is 8.49. The Balaban J connectivity index is 1.56. The molecule has 0 bridgehead atoms. The van der Waals surface area contributed by atoms with Crippen molar-refractivity contribution in [3.8, 4) is 0 Å². The highest BCUT2D eigenvalue weighted by molar-refractivity contribution is 7.18. The van der Waals surface area contributed by atoms with Crippen molar-refractivity contribution in [1.82, 2.24) is 9.97 Å². The van der Waals surface area contributed by atoms with E-state index in [9.17, 15) is 4.39 Å². The molecule has 23 heavy (non-hydrogen) atoms. The summed E-state index contributed by atoms with van der Waals surface area (Å²) >= 11 is 1.69. The molecule has 4 nitrogen and oxygen atoms in total. The van der Waals surface area contributed by atoms with E-state index in [0.29, 0.717) is 5.69 Å². The summed E-state index contributed by atoms with van der Waals surface area (Å²) in [4.78, 5) is 15.5. The fourth-order valence-corrected chi connectivity index (χ4v) is 3.92. The van der Waals surface area contributed by atoms with Gasteiger partial charge in [0.15, 0.2) is 0 Å². The number of halogens is 1. The van der Waals surface area contributed by atoms with Crippen molar-refractivity contribution in [2.24, 2.45) is 0 Å². The Morgan fingerprint density at radius 1 is 1.04 bits per heavy atom. The highest BCUT2D eigenvalue weighted by atomic mass is 32.1. The Kier molecular flexibility index (Phi) is 3.61. The van der Waals surface area contributed by atoms with E-state index in [0.717, 1.165) is 42.2 Å². The minimum Gasteiger partial charge on any atom is -0.366 e. The lowest BCUT2D eigenvalue weighted by Crippen LogP contribution is -2.47. The van der Waals surface area contributed by atoms with Crippen LogP contribution in [0.1, 0.15) is 4.88 Å². The third kappa shape index (κ3) is 2.63. The summed E-state index contributed by atoms with van der Waals surface area (Å²) in [6.07, 6.45) is 1.64. The number of aryl methyl sites for hydroxylation is 1. The van der Waals surface area contributed by atoms with Crippen LogP contribution in [-0.2, 0) is 0 Å². The quantitative estimate of drug-likeness (QED) is 0.721. The number of fused-ring (bicyclic) bond motifs is 1. The molecule has 0 spiro atoms. The summed E-state index contributed by atoms with van der Waals surface area (Å²) in [7, 11) is 0. The average Bonchev–Trinajstić information content (AvgIpc) is 2.96. The van der Waals surface area contributed by atoms with Crippen molar-refractivity contribution in [3.05, 3.63) is 47.4 Å². The van der Waals surface area contributed by atoms with Crippen molar-refractivity contribution in [3.63, 3.8) is 0 Å². The molecule has 0 amide bonds. The second kappa shape index (κ2) is 5.77. The number of aromatic nitrogens is 2. The first kappa shape index (κ1) is 14.4. The molecule has 6 heteroatoms. The molecule has 0 aliphatic carbocycles. The van der Waals surface area contributed by atoms with Crippen molar-refractivity contribution in [1.29, 1.82) is 0 Å². The monoisotopic (exact) mass is 328 g/mol. The Labute approximate surface area is 138 Å². The SMILES string of the molecule is Cc1cc2c(N3CCN(c4ccccc4F)CC3)ncnc2s1. The van der Waals surface area contributed by atoms with Gasteiger partial charge in [-0.2, -0.15) is 0 Å². The molecule has 1 saturated heterocycles. The molecule has 118 valence electrons. The first-order valence-electron chi connectivity index (χ1n) is 7.68. The summed E-state index contributed by atoms with van der Waals surface area (Å²) in [5.74, 6) is 0.839. The largest absolute Gasteiger partial charge is 0.366 e. The zero-order valence-corrected chi connectivity index (χ0v) is 13.7. The lowest BCUT2D eigenvalue weighted by atomic mass is 10.2. The number of nitrogens with zero attached hydrogens (tertiary/aromatic N) is 4. The van der Waals surface area contributed by atoms with Crippen LogP contribution in [0.3, 0.4) is 0 Å². The third-order valence-corrected chi connectivity index (χ3v) is 5.16. The molecule has 0 saturated carbocycles. The maximum absolute atomic E-state index is 13.9. The van der Waals surface area contributed by atoms with E-state index in [1.165, 1.54) is 10.9 Å². The number of benzene rings is 1. The molecule has 4 rings (SSSR count). The van der Waals surface area contributed by atoms with Crippen LogP contribution in [0.15, 0.2) is 36.7 Å². The number of para-hydroxylation sites is 1. The second-order valence-electron chi connectivity index (χ2n) is 5.70. The molecule has 1 aromatic carbocycles. The molecule has 2 aromatic heterocycles. The van der Waals surface area contributed by atoms with Gasteiger partial charge < -0.3 is 9.80 Å². The molecule has 0 atom stereocenters. The summed E-state index contributed by atoms with van der Waals surface area (Å²) < 4.78 is 13.9. The molecule has 3 heterocycles. The standard InChI is InChI=1S/C17H17FN4S/c1-12-10-13-16(19-11-20-17(13)23-12)22-8-6-21(7-9-22)15-5-3-2-4-14(15)18/h2-5,10-11H,6-9H2,1H3. The van der Waals surface area contributed by atoms with Gasteiger partial charge in [-0.3, -0.25) is 0 Å². The van der Waals surface area contributed by atoms with E-state index in [-0.39, 0.29) is 5.82 Å². The maximum Gasteiger partial charge on any atom is 0.146 e. The maximum atomic E-state index is 13.9. The van der Waals surface area contributed by atoms with E-state index >= 15 is 0 Å². The van der Waals surface area contributed by atoms with Gasteiger partial charge in [-0.05, 0) is 25.1 Å². The van der Waals surface area contributed by atoms with Crippen molar-refractivity contribution in [2.75, 3.05) is 36.0 Å². The normalized spacial score (nSPS) is 15.4. The van der Waals surface area contributed by atoms with Gasteiger partial charge in [-0.1, -0.05) is 12.1 Å².